The molecule has 0 unspecified atom stereocenters. The molecule has 0 saturated carbocycles. The molecule has 0 aromatic carbocycles. The molecule has 0 N–H and O–H groups in total. The molecule has 2 bridgehead atoms. The molecule has 6 heteroatoms. The molecule has 2 aliphatic heterocycles. The number of nitrogens with zero attached hydrogens (tertiary/aromatic N) is 4. The number of fused-ring (bicyclic) bond motifs is 2. The molecule has 0 radical (unpaired) electrons. The third-order valence-corrected chi connectivity index (χ3v) is 3.98. The van der Waals surface area contributed by atoms with Gasteiger partial charge in [0.05, 0.1) is 19.2 Å². The lowest BCUT2D eigenvalue weighted by atomic mass is 10.00. The number of aromatic nitrogens is 2. The maximum absolute atomic E-state index is 12.6. The predicted octanol–water partition coefficient (Wildman–Crippen LogP) is 2.13. The van der Waals surface area contributed by atoms with Gasteiger partial charge in [-0.15, -0.1) is 6.58 Å². The Kier molecular flexibility index (Phi) is 3.55. The van der Waals surface area contributed by atoms with Crippen LogP contribution in [-0.2, 0) is 11.4 Å². The van der Waals surface area contributed by atoms with E-state index in [-0.39, 0.29) is 18.1 Å². The SMILES string of the molecule is C=CCON1C(=O)N2C[C@H]1C=C(C)[C@H]2c1nccn1CC. The van der Waals surface area contributed by atoms with E-state index in [1.165, 1.54) is 5.06 Å². The molecule has 2 aliphatic rings. The molecule has 1 fully saturated rings. The van der Waals surface area contributed by atoms with Crippen molar-refractivity contribution in [1.29, 1.82) is 0 Å². The number of hydrogen-bond donors (Lipinski definition) is 0. The van der Waals surface area contributed by atoms with Crippen LogP contribution in [0.2, 0.25) is 0 Å². The minimum Gasteiger partial charge on any atom is -0.333 e. The molecular weight excluding hydrogens is 268 g/mol. The number of hydroxylamine groups is 2. The second-order valence-electron chi connectivity index (χ2n) is 5.30. The molecule has 112 valence electrons. The van der Waals surface area contributed by atoms with Gasteiger partial charge in [-0.1, -0.05) is 12.2 Å². The average Bonchev–Trinajstić information content (AvgIpc) is 3.03. The van der Waals surface area contributed by atoms with Gasteiger partial charge in [0.2, 0.25) is 0 Å². The highest BCUT2D eigenvalue weighted by Crippen LogP contribution is 2.37. The van der Waals surface area contributed by atoms with Crippen molar-refractivity contribution in [2.24, 2.45) is 0 Å². The summed E-state index contributed by atoms with van der Waals surface area (Å²) in [5.41, 5.74) is 1.13. The van der Waals surface area contributed by atoms with Crippen molar-refractivity contribution in [2.75, 3.05) is 13.2 Å². The van der Waals surface area contributed by atoms with E-state index in [1.54, 1.807) is 12.3 Å². The minimum atomic E-state index is -0.110. The van der Waals surface area contributed by atoms with Crippen molar-refractivity contribution >= 4 is 6.03 Å². The summed E-state index contributed by atoms with van der Waals surface area (Å²) in [6, 6.07) is -0.245. The maximum Gasteiger partial charge on any atom is 0.345 e. The number of hydrogen-bond acceptors (Lipinski definition) is 3. The Labute approximate surface area is 124 Å². The van der Waals surface area contributed by atoms with Gasteiger partial charge in [-0.3, -0.25) is 4.84 Å². The Morgan fingerprint density at radius 2 is 2.38 bits per heavy atom. The lowest BCUT2D eigenvalue weighted by Crippen LogP contribution is -2.36. The van der Waals surface area contributed by atoms with E-state index < -0.39 is 0 Å². The molecule has 1 aromatic heterocycles. The third-order valence-electron chi connectivity index (χ3n) is 3.98. The van der Waals surface area contributed by atoms with E-state index in [2.05, 4.69) is 29.1 Å². The largest absolute Gasteiger partial charge is 0.345 e. The summed E-state index contributed by atoms with van der Waals surface area (Å²) in [6.45, 7) is 9.53. The molecule has 1 saturated heterocycles. The van der Waals surface area contributed by atoms with Crippen LogP contribution >= 0.6 is 0 Å². The molecule has 2 amide bonds. The number of rotatable bonds is 5. The number of carbonyl (C=O) groups is 1. The van der Waals surface area contributed by atoms with Gasteiger partial charge in [0.15, 0.2) is 0 Å². The maximum atomic E-state index is 12.6. The molecule has 3 rings (SSSR count). The fraction of sp³-hybridized carbons (Fsp3) is 0.467. The van der Waals surface area contributed by atoms with Crippen molar-refractivity contribution in [1.82, 2.24) is 19.5 Å². The first kappa shape index (κ1) is 13.9. The van der Waals surface area contributed by atoms with Gasteiger partial charge in [-0.25, -0.2) is 9.78 Å². The Balaban J connectivity index is 1.92. The minimum absolute atomic E-state index is 0.0289. The molecule has 21 heavy (non-hydrogen) atoms. The number of aryl methyl sites for hydroxylation is 1. The van der Waals surface area contributed by atoms with E-state index in [0.29, 0.717) is 13.2 Å². The quantitative estimate of drug-likeness (QED) is 0.780. The van der Waals surface area contributed by atoms with Gasteiger partial charge >= 0.3 is 6.03 Å². The van der Waals surface area contributed by atoms with Crippen molar-refractivity contribution in [3.63, 3.8) is 0 Å². The first-order chi connectivity index (χ1) is 10.2. The number of amides is 2. The summed E-state index contributed by atoms with van der Waals surface area (Å²) in [6.07, 6.45) is 7.47. The van der Waals surface area contributed by atoms with E-state index >= 15 is 0 Å². The summed E-state index contributed by atoms with van der Waals surface area (Å²) in [5, 5.41) is 1.45. The highest BCUT2D eigenvalue weighted by molar-refractivity contribution is 5.78. The first-order valence-corrected chi connectivity index (χ1v) is 7.20. The van der Waals surface area contributed by atoms with Crippen LogP contribution in [-0.4, -0.2) is 44.7 Å². The highest BCUT2D eigenvalue weighted by atomic mass is 16.7. The van der Waals surface area contributed by atoms with Crippen LogP contribution in [0.1, 0.15) is 25.7 Å². The molecule has 3 heterocycles. The Morgan fingerprint density at radius 3 is 3.10 bits per heavy atom. The first-order valence-electron chi connectivity index (χ1n) is 7.20. The van der Waals surface area contributed by atoms with Crippen molar-refractivity contribution in [2.45, 2.75) is 32.5 Å². The normalized spacial score (nSPS) is 24.5. The number of imidazole rings is 1. The van der Waals surface area contributed by atoms with Gasteiger partial charge < -0.3 is 9.47 Å². The fourth-order valence-electron chi connectivity index (χ4n) is 3.06. The van der Waals surface area contributed by atoms with E-state index in [1.807, 2.05) is 18.0 Å². The van der Waals surface area contributed by atoms with Gasteiger partial charge in [0.1, 0.15) is 11.9 Å². The summed E-state index contributed by atoms with van der Waals surface area (Å²) < 4.78 is 2.07. The number of carbonyl (C=O) groups excluding carboxylic acids is 1. The van der Waals surface area contributed by atoms with Crippen molar-refractivity contribution < 1.29 is 9.63 Å². The van der Waals surface area contributed by atoms with Crippen LogP contribution in [0.3, 0.4) is 0 Å². The summed E-state index contributed by atoms with van der Waals surface area (Å²) in [5.74, 6) is 0.906. The summed E-state index contributed by atoms with van der Waals surface area (Å²) in [7, 11) is 0. The average molecular weight is 288 g/mol. The third kappa shape index (κ3) is 2.15. The van der Waals surface area contributed by atoms with E-state index in [9.17, 15) is 4.79 Å². The predicted molar refractivity (Wildman–Crippen MR) is 78.3 cm³/mol. The molecule has 0 aliphatic carbocycles. The van der Waals surface area contributed by atoms with Crippen LogP contribution in [0, 0.1) is 0 Å². The van der Waals surface area contributed by atoms with Gasteiger partial charge in [0, 0.05) is 18.9 Å². The Morgan fingerprint density at radius 1 is 1.57 bits per heavy atom. The van der Waals surface area contributed by atoms with E-state index in [4.69, 9.17) is 4.84 Å². The van der Waals surface area contributed by atoms with E-state index in [0.717, 1.165) is 17.9 Å². The van der Waals surface area contributed by atoms with Crippen molar-refractivity contribution in [3.05, 3.63) is 42.5 Å². The zero-order valence-corrected chi connectivity index (χ0v) is 12.4. The monoisotopic (exact) mass is 288 g/mol. The zero-order valence-electron chi connectivity index (χ0n) is 12.4. The van der Waals surface area contributed by atoms with Crippen LogP contribution in [0.25, 0.3) is 0 Å². The second kappa shape index (κ2) is 5.37. The van der Waals surface area contributed by atoms with Crippen LogP contribution in [0.4, 0.5) is 4.79 Å². The summed E-state index contributed by atoms with van der Waals surface area (Å²) in [4.78, 5) is 24.4. The summed E-state index contributed by atoms with van der Waals surface area (Å²) >= 11 is 0. The smallest absolute Gasteiger partial charge is 0.333 e. The van der Waals surface area contributed by atoms with Crippen LogP contribution < -0.4 is 0 Å². The standard InChI is InChI=1S/C15H20N4O2/c1-4-8-21-19-12-9-11(3)13(18(10-12)15(19)20)14-16-6-7-17(14)5-2/h4,6-7,9,12-13H,1,5,8,10H2,2-3H3/t12-,13+/m1/s1. The lowest BCUT2D eigenvalue weighted by molar-refractivity contribution is -0.107. The zero-order chi connectivity index (χ0) is 15.0. The molecule has 0 spiro atoms. The topological polar surface area (TPSA) is 50.6 Å². The number of urea groups is 1. The second-order valence-corrected chi connectivity index (χ2v) is 5.30. The highest BCUT2D eigenvalue weighted by Gasteiger charge is 2.46. The Hall–Kier alpha value is -2.08. The lowest BCUT2D eigenvalue weighted by Gasteiger charge is -2.30. The molecule has 6 nitrogen and oxygen atoms in total. The van der Waals surface area contributed by atoms with Gasteiger partial charge in [-0.05, 0) is 19.4 Å². The molecular formula is C15H20N4O2. The van der Waals surface area contributed by atoms with Gasteiger partial charge in [-0.2, -0.15) is 5.06 Å². The van der Waals surface area contributed by atoms with Crippen LogP contribution in [0.15, 0.2) is 36.7 Å². The van der Waals surface area contributed by atoms with Crippen molar-refractivity contribution in [3.8, 4) is 0 Å². The molecule has 2 atom stereocenters. The van der Waals surface area contributed by atoms with Gasteiger partial charge in [0.25, 0.3) is 0 Å². The Bertz CT molecular complexity index is 592. The van der Waals surface area contributed by atoms with Crippen LogP contribution in [0.5, 0.6) is 0 Å². The molecule has 1 aromatic rings. The fourth-order valence-corrected chi connectivity index (χ4v) is 3.06.